The molecule has 0 saturated heterocycles. The molecule has 0 bridgehead atoms. The molecule has 1 saturated carbocycles. The lowest BCUT2D eigenvalue weighted by Crippen LogP contribution is -2.34. The highest BCUT2D eigenvalue weighted by molar-refractivity contribution is 14.1. The molecule has 1 fully saturated rings. The van der Waals surface area contributed by atoms with E-state index >= 15 is 0 Å². The molecule has 5 rings (SSSR count). The molecule has 1 aliphatic carbocycles. The molecule has 36 heavy (non-hydrogen) atoms. The Labute approximate surface area is 228 Å². The summed E-state index contributed by atoms with van der Waals surface area (Å²) in [5.41, 5.74) is 6.05. The van der Waals surface area contributed by atoms with Crippen LogP contribution < -0.4 is 0 Å². The molecule has 3 aromatic rings. The van der Waals surface area contributed by atoms with Crippen LogP contribution in [0.5, 0.6) is 0 Å². The maximum Gasteiger partial charge on any atom is 0.254 e. The van der Waals surface area contributed by atoms with Crippen molar-refractivity contribution < 1.29 is 9.53 Å². The molecule has 190 valence electrons. The number of amides is 1. The number of rotatable bonds is 9. The first-order valence-electron chi connectivity index (χ1n) is 12.8. The second kappa shape index (κ2) is 10.0. The molecule has 0 radical (unpaired) electrons. The molecule has 1 atom stereocenters. The summed E-state index contributed by atoms with van der Waals surface area (Å²) in [6.45, 7) is 13.3. The van der Waals surface area contributed by atoms with Crippen molar-refractivity contribution in [3.05, 3.63) is 57.1 Å². The quantitative estimate of drug-likeness (QED) is 0.155. The molecule has 0 spiro atoms. The van der Waals surface area contributed by atoms with Crippen molar-refractivity contribution in [3.8, 4) is 22.6 Å². The van der Waals surface area contributed by atoms with Gasteiger partial charge >= 0.3 is 0 Å². The van der Waals surface area contributed by atoms with Crippen molar-refractivity contribution in [2.24, 2.45) is 5.92 Å². The molecule has 6 nitrogen and oxygen atoms in total. The summed E-state index contributed by atoms with van der Waals surface area (Å²) < 4.78 is 9.15. The fraction of sp³-hybridized carbons (Fsp3) is 0.464. The number of hydrogen-bond donors (Lipinski definition) is 0. The molecule has 1 aromatic carbocycles. The summed E-state index contributed by atoms with van der Waals surface area (Å²) in [5.74, 6) is 1.67. The summed E-state index contributed by atoms with van der Waals surface area (Å²) in [4.78, 5) is 24.5. The van der Waals surface area contributed by atoms with Gasteiger partial charge in [0.25, 0.3) is 5.91 Å². The van der Waals surface area contributed by atoms with E-state index < -0.39 is 8.07 Å². The average molecular weight is 615 g/mol. The van der Waals surface area contributed by atoms with Crippen LogP contribution in [-0.2, 0) is 18.0 Å². The highest BCUT2D eigenvalue weighted by atomic mass is 127. The van der Waals surface area contributed by atoms with Gasteiger partial charge in [-0.2, -0.15) is 0 Å². The Kier molecular flexibility index (Phi) is 7.13. The second-order valence-corrected chi connectivity index (χ2v) is 18.0. The molecular formula is C28H35IN4O2Si. The second-order valence-electron chi connectivity index (χ2n) is 11.4. The Morgan fingerprint density at radius 3 is 2.64 bits per heavy atom. The molecular weight excluding hydrogens is 579 g/mol. The minimum atomic E-state index is -1.14. The third-order valence-electron chi connectivity index (χ3n) is 7.44. The predicted octanol–water partition coefficient (Wildman–Crippen LogP) is 6.59. The largest absolute Gasteiger partial charge is 0.361 e. The van der Waals surface area contributed by atoms with Gasteiger partial charge < -0.3 is 14.2 Å². The van der Waals surface area contributed by atoms with Gasteiger partial charge in [-0.25, -0.2) is 4.98 Å². The summed E-state index contributed by atoms with van der Waals surface area (Å²) in [7, 11) is -1.14. The van der Waals surface area contributed by atoms with E-state index in [9.17, 15) is 4.79 Å². The number of nitrogens with zero attached hydrogens (tertiary/aromatic N) is 4. The van der Waals surface area contributed by atoms with Crippen LogP contribution in [-0.4, -0.2) is 46.1 Å². The molecule has 1 aliphatic heterocycles. The zero-order valence-electron chi connectivity index (χ0n) is 21.8. The molecule has 2 aromatic heterocycles. The van der Waals surface area contributed by atoms with E-state index in [-0.39, 0.29) is 5.91 Å². The Morgan fingerprint density at radius 2 is 1.92 bits per heavy atom. The normalized spacial score (nSPS) is 16.5. The van der Waals surface area contributed by atoms with E-state index in [4.69, 9.17) is 9.72 Å². The smallest absolute Gasteiger partial charge is 0.254 e. The lowest BCUT2D eigenvalue weighted by Gasteiger charge is -2.23. The third-order valence-corrected chi connectivity index (χ3v) is 10.2. The number of halogens is 1. The van der Waals surface area contributed by atoms with Gasteiger partial charge in [-0.05, 0) is 102 Å². The van der Waals surface area contributed by atoms with Crippen LogP contribution in [0.25, 0.3) is 22.6 Å². The maximum atomic E-state index is 13.0. The Balaban J connectivity index is 1.38. The first kappa shape index (κ1) is 25.6. The van der Waals surface area contributed by atoms with Crippen LogP contribution in [0.15, 0.2) is 36.5 Å². The van der Waals surface area contributed by atoms with E-state index in [0.29, 0.717) is 25.2 Å². The van der Waals surface area contributed by atoms with Crippen LogP contribution in [0.4, 0.5) is 0 Å². The van der Waals surface area contributed by atoms with Gasteiger partial charge in [-0.1, -0.05) is 25.7 Å². The number of pyridine rings is 1. The van der Waals surface area contributed by atoms with Gasteiger partial charge in [0.1, 0.15) is 16.1 Å². The van der Waals surface area contributed by atoms with Crippen LogP contribution in [0.3, 0.4) is 0 Å². The topological polar surface area (TPSA) is 60.2 Å². The van der Waals surface area contributed by atoms with Crippen molar-refractivity contribution in [1.82, 2.24) is 19.4 Å². The molecule has 3 heterocycles. The number of carbonyl (C=O) groups excluding carboxylic acids is 1. The van der Waals surface area contributed by atoms with E-state index in [0.717, 1.165) is 55.8 Å². The first-order valence-corrected chi connectivity index (χ1v) is 17.6. The highest BCUT2D eigenvalue weighted by Gasteiger charge is 2.38. The van der Waals surface area contributed by atoms with Crippen LogP contribution >= 0.6 is 22.6 Å². The highest BCUT2D eigenvalue weighted by Crippen LogP contribution is 2.39. The number of carbonyl (C=O) groups is 1. The van der Waals surface area contributed by atoms with E-state index in [1.165, 1.54) is 12.8 Å². The molecule has 8 heteroatoms. The molecule has 2 aliphatic rings. The van der Waals surface area contributed by atoms with E-state index in [2.05, 4.69) is 83.8 Å². The first-order chi connectivity index (χ1) is 17.1. The molecule has 1 unspecified atom stereocenters. The fourth-order valence-electron chi connectivity index (χ4n) is 4.81. The zero-order chi connectivity index (χ0) is 25.6. The number of benzene rings is 1. The van der Waals surface area contributed by atoms with Crippen LogP contribution in [0.1, 0.15) is 41.4 Å². The van der Waals surface area contributed by atoms with Crippen molar-refractivity contribution in [2.75, 3.05) is 6.61 Å². The van der Waals surface area contributed by atoms with Crippen molar-refractivity contribution in [1.29, 1.82) is 0 Å². The Bertz CT molecular complexity index is 1300. The minimum absolute atomic E-state index is 0.174. The lowest BCUT2D eigenvalue weighted by molar-refractivity contribution is 0.0697. The SMILES string of the molecule is Cc1c(I)nc(-c2cc(-c3ccc4c(c3)CN(C(C)C3CC3)C4=O)ccn2)n1COCC[Si](C)(C)C. The fourth-order valence-corrected chi connectivity index (χ4v) is 6.09. The van der Waals surface area contributed by atoms with Crippen molar-refractivity contribution >= 4 is 36.6 Å². The Morgan fingerprint density at radius 1 is 1.17 bits per heavy atom. The van der Waals surface area contributed by atoms with Gasteiger partial charge in [-0.3, -0.25) is 9.78 Å². The predicted molar refractivity (Wildman–Crippen MR) is 155 cm³/mol. The minimum Gasteiger partial charge on any atom is -0.361 e. The third kappa shape index (κ3) is 5.31. The summed E-state index contributed by atoms with van der Waals surface area (Å²) in [6.07, 6.45) is 4.32. The number of hydrogen-bond acceptors (Lipinski definition) is 4. The number of aromatic nitrogens is 3. The molecule has 1 amide bonds. The maximum absolute atomic E-state index is 13.0. The van der Waals surface area contributed by atoms with Gasteiger partial charge in [0.15, 0.2) is 5.82 Å². The standard InChI is InChI=1S/C28H35IN4O2Si/c1-18(20-6-7-20)32-16-23-14-21(8-9-24(23)28(32)34)22-10-11-30-25(15-22)27-31-26(29)19(2)33(27)17-35-12-13-36(3,4)5/h8-11,14-15,18,20H,6-7,12-13,16-17H2,1-5H3. The van der Waals surface area contributed by atoms with Crippen LogP contribution in [0.2, 0.25) is 25.7 Å². The number of fused-ring (bicyclic) bond motifs is 1. The van der Waals surface area contributed by atoms with Crippen LogP contribution in [0, 0.1) is 16.5 Å². The van der Waals surface area contributed by atoms with Gasteiger partial charge in [0, 0.05) is 39.0 Å². The van der Waals surface area contributed by atoms with Gasteiger partial charge in [-0.15, -0.1) is 0 Å². The summed E-state index contributed by atoms with van der Waals surface area (Å²) >= 11 is 2.28. The monoisotopic (exact) mass is 614 g/mol. The van der Waals surface area contributed by atoms with E-state index in [1.807, 2.05) is 23.2 Å². The molecule has 0 N–H and O–H groups in total. The van der Waals surface area contributed by atoms with E-state index in [1.54, 1.807) is 0 Å². The van der Waals surface area contributed by atoms with Gasteiger partial charge in [0.05, 0.1) is 5.69 Å². The summed E-state index contributed by atoms with van der Waals surface area (Å²) in [6, 6.07) is 11.8. The zero-order valence-corrected chi connectivity index (χ0v) is 25.0. The summed E-state index contributed by atoms with van der Waals surface area (Å²) in [5, 5.41) is 0. The van der Waals surface area contributed by atoms with Crippen molar-refractivity contribution in [3.63, 3.8) is 0 Å². The Hall–Kier alpha value is -2.04. The lowest BCUT2D eigenvalue weighted by atomic mass is 10.0. The van der Waals surface area contributed by atoms with Crippen molar-refractivity contribution in [2.45, 2.75) is 71.7 Å². The number of imidazole rings is 1. The van der Waals surface area contributed by atoms with Gasteiger partial charge in [0.2, 0.25) is 0 Å². The number of ether oxygens (including phenoxy) is 1. The average Bonchev–Trinajstić information content (AvgIpc) is 3.59.